The number of ether oxygens (including phenoxy) is 1. The summed E-state index contributed by atoms with van der Waals surface area (Å²) in [6.45, 7) is 3.44. The predicted molar refractivity (Wildman–Crippen MR) is 71.9 cm³/mol. The highest BCUT2D eigenvalue weighted by atomic mass is 19.4. The highest BCUT2D eigenvalue weighted by Crippen LogP contribution is 2.18. The van der Waals surface area contributed by atoms with Crippen molar-refractivity contribution in [1.29, 1.82) is 0 Å². The number of nitrogens with zero attached hydrogens (tertiary/aromatic N) is 4. The summed E-state index contributed by atoms with van der Waals surface area (Å²) in [4.78, 5) is 7.74. The fraction of sp³-hybridized carbons (Fsp3) is 0.769. The molecule has 1 aliphatic heterocycles. The van der Waals surface area contributed by atoms with Crippen LogP contribution >= 0.6 is 0 Å². The molecular formula is C13H21F3N4O. The van der Waals surface area contributed by atoms with Gasteiger partial charge in [0.25, 0.3) is 0 Å². The van der Waals surface area contributed by atoms with Gasteiger partial charge >= 0.3 is 6.18 Å². The zero-order valence-corrected chi connectivity index (χ0v) is 12.1. The van der Waals surface area contributed by atoms with Crippen LogP contribution in [0.5, 0.6) is 0 Å². The van der Waals surface area contributed by atoms with Crippen LogP contribution in [0.15, 0.2) is 12.5 Å². The molecule has 0 bridgehead atoms. The Labute approximate surface area is 122 Å². The van der Waals surface area contributed by atoms with Crippen molar-refractivity contribution in [3.63, 3.8) is 0 Å². The number of methoxy groups -OCH3 is 1. The molecule has 0 spiro atoms. The van der Waals surface area contributed by atoms with Gasteiger partial charge in [0.1, 0.15) is 0 Å². The van der Waals surface area contributed by atoms with Crippen LogP contribution < -0.4 is 0 Å². The second-order valence-electron chi connectivity index (χ2n) is 5.24. The summed E-state index contributed by atoms with van der Waals surface area (Å²) in [5.74, 6) is 0. The van der Waals surface area contributed by atoms with Crippen LogP contribution in [0.1, 0.15) is 5.69 Å². The minimum Gasteiger partial charge on any atom is -0.383 e. The van der Waals surface area contributed by atoms with E-state index in [1.54, 1.807) is 19.6 Å². The van der Waals surface area contributed by atoms with Crippen molar-refractivity contribution in [3.05, 3.63) is 18.2 Å². The highest BCUT2D eigenvalue weighted by molar-refractivity contribution is 4.99. The van der Waals surface area contributed by atoms with Crippen molar-refractivity contribution in [2.24, 2.45) is 0 Å². The first-order chi connectivity index (χ1) is 9.98. The van der Waals surface area contributed by atoms with Gasteiger partial charge in [-0.15, -0.1) is 0 Å². The molecule has 1 aromatic rings. The zero-order valence-electron chi connectivity index (χ0n) is 12.1. The molecule has 1 aliphatic rings. The van der Waals surface area contributed by atoms with Crippen LogP contribution in [-0.4, -0.2) is 72.0 Å². The largest absolute Gasteiger partial charge is 0.401 e. The van der Waals surface area contributed by atoms with Crippen LogP contribution in [0.3, 0.4) is 0 Å². The minimum atomic E-state index is -4.11. The number of hydrogen-bond acceptors (Lipinski definition) is 4. The van der Waals surface area contributed by atoms with Crippen LogP contribution in [0.25, 0.3) is 0 Å². The summed E-state index contributed by atoms with van der Waals surface area (Å²) in [5, 5.41) is 0. The number of hydrogen-bond donors (Lipinski definition) is 0. The number of halogens is 3. The molecule has 8 heteroatoms. The molecular weight excluding hydrogens is 285 g/mol. The summed E-state index contributed by atoms with van der Waals surface area (Å²) in [6, 6.07) is 0. The maximum Gasteiger partial charge on any atom is 0.401 e. The Morgan fingerprint density at radius 2 is 1.86 bits per heavy atom. The second kappa shape index (κ2) is 7.24. The molecule has 1 fully saturated rings. The van der Waals surface area contributed by atoms with E-state index in [-0.39, 0.29) is 0 Å². The molecule has 0 unspecified atom stereocenters. The van der Waals surface area contributed by atoms with Gasteiger partial charge in [0.15, 0.2) is 0 Å². The van der Waals surface area contributed by atoms with Gasteiger partial charge in [0.05, 0.1) is 25.2 Å². The lowest BCUT2D eigenvalue weighted by molar-refractivity contribution is -0.149. The van der Waals surface area contributed by atoms with Gasteiger partial charge in [-0.1, -0.05) is 0 Å². The van der Waals surface area contributed by atoms with Gasteiger partial charge < -0.3 is 9.30 Å². The van der Waals surface area contributed by atoms with Gasteiger partial charge in [-0.2, -0.15) is 13.2 Å². The van der Waals surface area contributed by atoms with Gasteiger partial charge in [-0.25, -0.2) is 4.98 Å². The lowest BCUT2D eigenvalue weighted by Gasteiger charge is -2.34. The van der Waals surface area contributed by atoms with E-state index in [9.17, 15) is 13.2 Å². The van der Waals surface area contributed by atoms with Gasteiger partial charge in [0.2, 0.25) is 0 Å². The molecule has 2 heterocycles. The third kappa shape index (κ3) is 5.29. The Bertz CT molecular complexity index is 427. The van der Waals surface area contributed by atoms with Gasteiger partial charge in [0, 0.05) is 52.6 Å². The van der Waals surface area contributed by atoms with E-state index in [1.165, 1.54) is 4.90 Å². The van der Waals surface area contributed by atoms with Crippen LogP contribution in [0, 0.1) is 0 Å². The van der Waals surface area contributed by atoms with Crippen LogP contribution in [0.2, 0.25) is 0 Å². The molecule has 2 rings (SSSR count). The van der Waals surface area contributed by atoms with E-state index in [4.69, 9.17) is 4.74 Å². The fourth-order valence-corrected chi connectivity index (χ4v) is 2.46. The summed E-state index contributed by atoms with van der Waals surface area (Å²) < 4.78 is 44.1. The predicted octanol–water partition coefficient (Wildman–Crippen LogP) is 1.21. The molecule has 0 N–H and O–H groups in total. The molecule has 0 amide bonds. The average molecular weight is 306 g/mol. The topological polar surface area (TPSA) is 33.5 Å². The highest BCUT2D eigenvalue weighted by Gasteiger charge is 2.32. The third-order valence-corrected chi connectivity index (χ3v) is 3.59. The second-order valence-corrected chi connectivity index (χ2v) is 5.24. The van der Waals surface area contributed by atoms with E-state index < -0.39 is 12.7 Å². The maximum atomic E-state index is 12.3. The quantitative estimate of drug-likeness (QED) is 0.791. The summed E-state index contributed by atoms with van der Waals surface area (Å²) in [7, 11) is 1.65. The lowest BCUT2D eigenvalue weighted by Crippen LogP contribution is -2.48. The van der Waals surface area contributed by atoms with Crippen molar-refractivity contribution in [2.45, 2.75) is 19.3 Å². The van der Waals surface area contributed by atoms with Crippen LogP contribution in [-0.2, 0) is 17.8 Å². The normalized spacial score (nSPS) is 18.3. The molecule has 0 saturated carbocycles. The van der Waals surface area contributed by atoms with Gasteiger partial charge in [-0.3, -0.25) is 9.80 Å². The SMILES string of the molecule is COCCn1cncc1CN1CCN(CC(F)(F)F)CC1. The molecule has 1 saturated heterocycles. The van der Waals surface area contributed by atoms with E-state index in [0.29, 0.717) is 39.3 Å². The van der Waals surface area contributed by atoms with Crippen molar-refractivity contribution < 1.29 is 17.9 Å². The van der Waals surface area contributed by atoms with Gasteiger partial charge in [-0.05, 0) is 0 Å². The Hall–Kier alpha value is -1.12. The molecule has 0 atom stereocenters. The van der Waals surface area contributed by atoms with E-state index in [0.717, 1.165) is 12.2 Å². The molecule has 0 radical (unpaired) electrons. The fourth-order valence-electron chi connectivity index (χ4n) is 2.46. The molecule has 0 aliphatic carbocycles. The minimum absolute atomic E-state index is 0.450. The molecule has 5 nitrogen and oxygen atoms in total. The van der Waals surface area contributed by atoms with Crippen molar-refractivity contribution in [2.75, 3.05) is 46.4 Å². The van der Waals surface area contributed by atoms with Crippen molar-refractivity contribution in [3.8, 4) is 0 Å². The standard InChI is InChI=1S/C13H21F3N4O/c1-21-7-6-20-11-17-8-12(20)9-18-2-4-19(5-3-18)10-13(14,15)16/h8,11H,2-7,9-10H2,1H3. The molecule has 120 valence electrons. The van der Waals surface area contributed by atoms with Crippen LogP contribution in [0.4, 0.5) is 13.2 Å². The van der Waals surface area contributed by atoms with E-state index >= 15 is 0 Å². The third-order valence-electron chi connectivity index (χ3n) is 3.59. The monoisotopic (exact) mass is 306 g/mol. The number of aromatic nitrogens is 2. The van der Waals surface area contributed by atoms with E-state index in [2.05, 4.69) is 9.88 Å². The first-order valence-corrected chi connectivity index (χ1v) is 6.97. The van der Waals surface area contributed by atoms with Crippen molar-refractivity contribution >= 4 is 0 Å². The Kier molecular flexibility index (Phi) is 5.60. The maximum absolute atomic E-state index is 12.3. The lowest BCUT2D eigenvalue weighted by atomic mass is 10.3. The van der Waals surface area contributed by atoms with Crippen molar-refractivity contribution in [1.82, 2.24) is 19.4 Å². The Morgan fingerprint density at radius 1 is 1.19 bits per heavy atom. The first kappa shape index (κ1) is 16.3. The number of alkyl halides is 3. The molecule has 1 aromatic heterocycles. The Morgan fingerprint density at radius 3 is 2.48 bits per heavy atom. The average Bonchev–Trinajstić information content (AvgIpc) is 2.84. The van der Waals surface area contributed by atoms with E-state index in [1.807, 2.05) is 4.57 Å². The summed E-state index contributed by atoms with van der Waals surface area (Å²) in [5.41, 5.74) is 1.07. The zero-order chi connectivity index (χ0) is 15.3. The smallest absolute Gasteiger partial charge is 0.383 e. The number of rotatable bonds is 6. The number of piperazine rings is 1. The molecule has 21 heavy (non-hydrogen) atoms. The Balaban J connectivity index is 1.79. The summed E-state index contributed by atoms with van der Waals surface area (Å²) in [6.07, 6.45) is -0.549. The summed E-state index contributed by atoms with van der Waals surface area (Å²) >= 11 is 0. The number of imidazole rings is 1. The first-order valence-electron chi connectivity index (χ1n) is 6.97. The molecule has 0 aromatic carbocycles.